The number of pyridine rings is 1. The number of amides is 1. The number of aryl methyl sites for hydroxylation is 1. The fourth-order valence-corrected chi connectivity index (χ4v) is 3.16. The predicted octanol–water partition coefficient (Wildman–Crippen LogP) is 4.24. The first-order valence-electron chi connectivity index (χ1n) is 8.17. The van der Waals surface area contributed by atoms with Gasteiger partial charge in [0.15, 0.2) is 0 Å². The maximum Gasteiger partial charge on any atom is 0.238 e. The van der Waals surface area contributed by atoms with E-state index >= 15 is 0 Å². The van der Waals surface area contributed by atoms with Crippen molar-refractivity contribution in [2.45, 2.75) is 41.0 Å². The van der Waals surface area contributed by atoms with Gasteiger partial charge >= 0.3 is 0 Å². The summed E-state index contributed by atoms with van der Waals surface area (Å²) in [6, 6.07) is 3.62. The Morgan fingerprint density at radius 2 is 2.00 bits per heavy atom. The highest BCUT2D eigenvalue weighted by molar-refractivity contribution is 7.12. The SMILES string of the molecule is CCc1c(C)nc(OC)c(NC(=O)C(C)(C)C)c1C(=O)c1cccs1. The van der Waals surface area contributed by atoms with Crippen molar-refractivity contribution >= 4 is 28.7 Å². The molecule has 0 aliphatic rings. The number of nitrogens with one attached hydrogen (secondary N) is 1. The Balaban J connectivity index is 2.70. The highest BCUT2D eigenvalue weighted by Gasteiger charge is 2.29. The van der Waals surface area contributed by atoms with Crippen molar-refractivity contribution in [2.75, 3.05) is 12.4 Å². The van der Waals surface area contributed by atoms with Crippen LogP contribution in [0.25, 0.3) is 0 Å². The van der Waals surface area contributed by atoms with Gasteiger partial charge in [-0.15, -0.1) is 11.3 Å². The molecule has 134 valence electrons. The Morgan fingerprint density at radius 1 is 1.32 bits per heavy atom. The molecule has 0 saturated carbocycles. The second-order valence-electron chi connectivity index (χ2n) is 6.80. The molecule has 25 heavy (non-hydrogen) atoms. The molecule has 0 unspecified atom stereocenters. The molecule has 0 spiro atoms. The first-order chi connectivity index (χ1) is 11.7. The minimum atomic E-state index is -0.606. The monoisotopic (exact) mass is 360 g/mol. The Kier molecular flexibility index (Phi) is 5.62. The van der Waals surface area contributed by atoms with Crippen molar-refractivity contribution in [3.8, 4) is 5.88 Å². The number of ether oxygens (including phenoxy) is 1. The molecule has 0 radical (unpaired) electrons. The molecular weight excluding hydrogens is 336 g/mol. The second kappa shape index (κ2) is 7.35. The van der Waals surface area contributed by atoms with Gasteiger partial charge in [0.25, 0.3) is 0 Å². The lowest BCUT2D eigenvalue weighted by atomic mass is 9.94. The summed E-state index contributed by atoms with van der Waals surface area (Å²) in [5.41, 5.74) is 1.76. The Morgan fingerprint density at radius 3 is 2.48 bits per heavy atom. The standard InChI is InChI=1S/C19H24N2O3S/c1-7-12-11(2)20-17(24-6)15(21-18(23)19(3,4)5)14(12)16(22)13-9-8-10-25-13/h8-10H,7H2,1-6H3,(H,21,23). The van der Waals surface area contributed by atoms with Crippen LogP contribution in [-0.4, -0.2) is 23.8 Å². The minimum absolute atomic E-state index is 0.125. The third-order valence-corrected chi connectivity index (χ3v) is 4.78. The van der Waals surface area contributed by atoms with Crippen LogP contribution in [0.1, 0.15) is 54.2 Å². The molecule has 5 nitrogen and oxygen atoms in total. The maximum absolute atomic E-state index is 13.1. The van der Waals surface area contributed by atoms with Crippen LogP contribution in [-0.2, 0) is 11.2 Å². The van der Waals surface area contributed by atoms with Gasteiger partial charge < -0.3 is 10.1 Å². The lowest BCUT2D eigenvalue weighted by Gasteiger charge is -2.22. The van der Waals surface area contributed by atoms with Crippen molar-refractivity contribution in [3.05, 3.63) is 39.2 Å². The van der Waals surface area contributed by atoms with Crippen LogP contribution in [0.4, 0.5) is 5.69 Å². The van der Waals surface area contributed by atoms with E-state index in [0.29, 0.717) is 22.5 Å². The van der Waals surface area contributed by atoms with Crippen LogP contribution in [0, 0.1) is 12.3 Å². The number of nitrogens with zero attached hydrogens (tertiary/aromatic N) is 1. The molecule has 0 aliphatic carbocycles. The number of carbonyl (C=O) groups excluding carboxylic acids is 2. The van der Waals surface area contributed by atoms with Crippen LogP contribution in [0.15, 0.2) is 17.5 Å². The Hall–Kier alpha value is -2.21. The molecule has 1 amide bonds. The van der Waals surface area contributed by atoms with Crippen molar-refractivity contribution in [1.82, 2.24) is 4.98 Å². The van der Waals surface area contributed by atoms with Gasteiger partial charge in [0.1, 0.15) is 5.69 Å². The van der Waals surface area contributed by atoms with E-state index in [2.05, 4.69) is 10.3 Å². The summed E-state index contributed by atoms with van der Waals surface area (Å²) in [4.78, 5) is 30.7. The molecule has 2 aromatic heterocycles. The van der Waals surface area contributed by atoms with Crippen LogP contribution in [0.2, 0.25) is 0 Å². The van der Waals surface area contributed by atoms with E-state index in [0.717, 1.165) is 11.3 Å². The van der Waals surface area contributed by atoms with Gasteiger partial charge in [-0.1, -0.05) is 33.8 Å². The summed E-state index contributed by atoms with van der Waals surface area (Å²) in [6.45, 7) is 9.27. The normalized spacial score (nSPS) is 11.3. The average molecular weight is 360 g/mol. The van der Waals surface area contributed by atoms with Gasteiger partial charge in [-0.25, -0.2) is 4.98 Å². The number of aromatic nitrogens is 1. The number of carbonyl (C=O) groups is 2. The molecule has 0 bridgehead atoms. The number of anilines is 1. The molecule has 1 N–H and O–H groups in total. The van der Waals surface area contributed by atoms with E-state index in [1.54, 1.807) is 6.07 Å². The van der Waals surface area contributed by atoms with E-state index in [4.69, 9.17) is 4.74 Å². The van der Waals surface area contributed by atoms with Gasteiger partial charge in [0.2, 0.25) is 17.6 Å². The molecule has 0 aliphatic heterocycles. The second-order valence-corrected chi connectivity index (χ2v) is 7.75. The topological polar surface area (TPSA) is 68.3 Å². The smallest absolute Gasteiger partial charge is 0.238 e. The summed E-state index contributed by atoms with van der Waals surface area (Å²) in [7, 11) is 1.49. The summed E-state index contributed by atoms with van der Waals surface area (Å²) in [6.07, 6.45) is 0.633. The molecule has 0 saturated heterocycles. The average Bonchev–Trinajstić information content (AvgIpc) is 3.08. The number of methoxy groups -OCH3 is 1. The van der Waals surface area contributed by atoms with Crippen molar-refractivity contribution in [1.29, 1.82) is 0 Å². The van der Waals surface area contributed by atoms with Gasteiger partial charge in [0.05, 0.1) is 17.6 Å². The lowest BCUT2D eigenvalue weighted by molar-refractivity contribution is -0.123. The van der Waals surface area contributed by atoms with Crippen LogP contribution in [0.5, 0.6) is 5.88 Å². The zero-order valence-corrected chi connectivity index (χ0v) is 16.3. The maximum atomic E-state index is 13.1. The third kappa shape index (κ3) is 3.90. The minimum Gasteiger partial charge on any atom is -0.479 e. The van der Waals surface area contributed by atoms with Gasteiger partial charge in [-0.2, -0.15) is 0 Å². The number of rotatable bonds is 5. The van der Waals surface area contributed by atoms with E-state index in [-0.39, 0.29) is 17.6 Å². The zero-order valence-electron chi connectivity index (χ0n) is 15.5. The summed E-state index contributed by atoms with van der Waals surface area (Å²) in [5.74, 6) is -0.0641. The van der Waals surface area contributed by atoms with E-state index in [1.165, 1.54) is 18.4 Å². The first-order valence-corrected chi connectivity index (χ1v) is 9.05. The van der Waals surface area contributed by atoms with Gasteiger partial charge in [0, 0.05) is 11.1 Å². The van der Waals surface area contributed by atoms with Crippen LogP contribution < -0.4 is 10.1 Å². The molecular formula is C19H24N2O3S. The van der Waals surface area contributed by atoms with E-state index < -0.39 is 5.41 Å². The van der Waals surface area contributed by atoms with Crippen molar-refractivity contribution < 1.29 is 14.3 Å². The molecule has 0 fully saturated rings. The third-order valence-electron chi connectivity index (χ3n) is 3.91. The molecule has 2 aromatic rings. The lowest BCUT2D eigenvalue weighted by Crippen LogP contribution is -2.29. The van der Waals surface area contributed by atoms with Gasteiger partial charge in [-0.3, -0.25) is 9.59 Å². The van der Waals surface area contributed by atoms with E-state index in [9.17, 15) is 9.59 Å². The summed E-state index contributed by atoms with van der Waals surface area (Å²) in [5, 5.41) is 4.73. The number of ketones is 1. The van der Waals surface area contributed by atoms with Crippen molar-refractivity contribution in [2.24, 2.45) is 5.41 Å². The quantitative estimate of drug-likeness (QED) is 0.810. The molecule has 6 heteroatoms. The van der Waals surface area contributed by atoms with Crippen LogP contribution >= 0.6 is 11.3 Å². The largest absolute Gasteiger partial charge is 0.479 e. The molecule has 0 aromatic carbocycles. The Labute approximate surface area is 152 Å². The number of hydrogen-bond acceptors (Lipinski definition) is 5. The van der Waals surface area contributed by atoms with Gasteiger partial charge in [-0.05, 0) is 30.4 Å². The highest BCUT2D eigenvalue weighted by atomic mass is 32.1. The number of thiophene rings is 1. The first kappa shape index (κ1) is 19.1. The summed E-state index contributed by atoms with van der Waals surface area (Å²) < 4.78 is 5.37. The molecule has 2 heterocycles. The van der Waals surface area contributed by atoms with E-state index in [1.807, 2.05) is 46.1 Å². The Bertz CT molecular complexity index is 790. The fraction of sp³-hybridized carbons (Fsp3) is 0.421. The number of hydrogen-bond donors (Lipinski definition) is 1. The summed E-state index contributed by atoms with van der Waals surface area (Å²) >= 11 is 1.37. The molecule has 0 atom stereocenters. The predicted molar refractivity (Wildman–Crippen MR) is 101 cm³/mol. The van der Waals surface area contributed by atoms with Crippen molar-refractivity contribution in [3.63, 3.8) is 0 Å². The fourth-order valence-electron chi connectivity index (χ4n) is 2.49. The van der Waals surface area contributed by atoms with Crippen LogP contribution in [0.3, 0.4) is 0 Å². The molecule has 2 rings (SSSR count). The highest BCUT2D eigenvalue weighted by Crippen LogP contribution is 2.35. The zero-order chi connectivity index (χ0) is 18.8.